The smallest absolute Gasteiger partial charge is 0.349 e. The summed E-state index contributed by atoms with van der Waals surface area (Å²) in [6.45, 7) is 2.03. The second-order valence-corrected chi connectivity index (χ2v) is 6.55. The first-order valence-electron chi connectivity index (χ1n) is 7.53. The van der Waals surface area contributed by atoms with Crippen molar-refractivity contribution in [1.29, 1.82) is 0 Å². The van der Waals surface area contributed by atoms with Gasteiger partial charge in [0.15, 0.2) is 11.9 Å². The molecule has 3 rings (SSSR count). The average Bonchev–Trinajstić information content (AvgIpc) is 3.00. The molecule has 0 unspecified atom stereocenters. The number of thiophene rings is 1. The Morgan fingerprint density at radius 1 is 1.18 bits per heavy atom. The van der Waals surface area contributed by atoms with Gasteiger partial charge in [-0.2, -0.15) is 0 Å². The van der Waals surface area contributed by atoms with E-state index in [-0.39, 0.29) is 11.8 Å². The van der Waals surface area contributed by atoms with Gasteiger partial charge in [0.25, 0.3) is 0 Å². The Labute approximate surface area is 133 Å². The lowest BCUT2D eigenvalue weighted by Crippen LogP contribution is -2.30. The van der Waals surface area contributed by atoms with E-state index in [1.165, 1.54) is 16.9 Å². The second kappa shape index (κ2) is 6.44. The van der Waals surface area contributed by atoms with E-state index in [0.717, 1.165) is 24.0 Å². The summed E-state index contributed by atoms with van der Waals surface area (Å²) in [6, 6.07) is 9.97. The number of ether oxygens (including phenoxy) is 1. The van der Waals surface area contributed by atoms with E-state index in [0.29, 0.717) is 17.7 Å². The van der Waals surface area contributed by atoms with E-state index in [1.807, 2.05) is 42.6 Å². The van der Waals surface area contributed by atoms with E-state index < -0.39 is 6.10 Å². The number of hydrogen-bond acceptors (Lipinski definition) is 4. The van der Waals surface area contributed by atoms with Crippen molar-refractivity contribution < 1.29 is 14.3 Å². The minimum absolute atomic E-state index is 0.0491. The number of carbonyl (C=O) groups is 2. The first kappa shape index (κ1) is 15.0. The van der Waals surface area contributed by atoms with Crippen molar-refractivity contribution in [1.82, 2.24) is 0 Å². The Bertz CT molecular complexity index is 685. The molecule has 1 aliphatic carbocycles. The molecule has 1 aromatic heterocycles. The number of Topliss-reactive ketones (excluding diaryl/α,β-unsaturated/α-hetero) is 1. The van der Waals surface area contributed by atoms with E-state index in [1.54, 1.807) is 0 Å². The summed E-state index contributed by atoms with van der Waals surface area (Å²) in [5.74, 6) is -0.334. The lowest BCUT2D eigenvalue weighted by Gasteiger charge is -2.20. The zero-order valence-electron chi connectivity index (χ0n) is 12.5. The molecule has 1 heterocycles. The average molecular weight is 314 g/mol. The van der Waals surface area contributed by atoms with Crippen LogP contribution in [-0.2, 0) is 9.53 Å². The Hall–Kier alpha value is -1.94. The largest absolute Gasteiger partial charge is 0.450 e. The maximum Gasteiger partial charge on any atom is 0.349 e. The highest BCUT2D eigenvalue weighted by molar-refractivity contribution is 7.12. The summed E-state index contributed by atoms with van der Waals surface area (Å²) in [5.41, 5.74) is 3.04. The van der Waals surface area contributed by atoms with Gasteiger partial charge in [-0.3, -0.25) is 4.79 Å². The number of esters is 1. The summed E-state index contributed by atoms with van der Waals surface area (Å²) in [7, 11) is 0. The molecule has 1 aromatic carbocycles. The van der Waals surface area contributed by atoms with Crippen LogP contribution in [0.2, 0.25) is 0 Å². The van der Waals surface area contributed by atoms with E-state index in [9.17, 15) is 9.59 Å². The molecule has 4 heteroatoms. The molecule has 0 amide bonds. The molecule has 0 aliphatic heterocycles. The standard InChI is InChI=1S/C18H18O3S/c1-12-6-8-13(9-7-12)14-10-11-22-17(14)18(20)21-16-5-3-2-4-15(16)19/h6-11,16H,2-5H2,1H3/t16-/m0/s1. The van der Waals surface area contributed by atoms with Crippen molar-refractivity contribution >= 4 is 23.1 Å². The summed E-state index contributed by atoms with van der Waals surface area (Å²) in [5, 5.41) is 1.88. The molecule has 22 heavy (non-hydrogen) atoms. The fourth-order valence-electron chi connectivity index (χ4n) is 2.69. The van der Waals surface area contributed by atoms with Crippen LogP contribution in [0, 0.1) is 6.92 Å². The third-order valence-corrected chi connectivity index (χ3v) is 4.86. The summed E-state index contributed by atoms with van der Waals surface area (Å²) >= 11 is 1.36. The van der Waals surface area contributed by atoms with E-state index >= 15 is 0 Å². The lowest BCUT2D eigenvalue weighted by atomic mass is 9.96. The Balaban J connectivity index is 1.80. The third kappa shape index (κ3) is 3.12. The normalized spacial score (nSPS) is 18.2. The van der Waals surface area contributed by atoms with Gasteiger partial charge in [-0.1, -0.05) is 29.8 Å². The van der Waals surface area contributed by atoms with Gasteiger partial charge in [-0.25, -0.2) is 4.79 Å². The van der Waals surface area contributed by atoms with E-state index in [2.05, 4.69) is 0 Å². The summed E-state index contributed by atoms with van der Waals surface area (Å²) in [6.07, 6.45) is 2.46. The monoisotopic (exact) mass is 314 g/mol. The first-order valence-corrected chi connectivity index (χ1v) is 8.41. The molecule has 0 radical (unpaired) electrons. The van der Waals surface area contributed by atoms with Crippen LogP contribution >= 0.6 is 11.3 Å². The fraction of sp³-hybridized carbons (Fsp3) is 0.333. The number of carbonyl (C=O) groups excluding carboxylic acids is 2. The zero-order chi connectivity index (χ0) is 15.5. The van der Waals surface area contributed by atoms with Crippen LogP contribution in [0.5, 0.6) is 0 Å². The van der Waals surface area contributed by atoms with Crippen LogP contribution in [0.25, 0.3) is 11.1 Å². The van der Waals surface area contributed by atoms with Gasteiger partial charge in [0.05, 0.1) is 0 Å². The lowest BCUT2D eigenvalue weighted by molar-refractivity contribution is -0.129. The fourth-order valence-corrected chi connectivity index (χ4v) is 3.48. The SMILES string of the molecule is Cc1ccc(-c2ccsc2C(=O)O[C@H]2CCCCC2=O)cc1. The van der Waals surface area contributed by atoms with Crippen LogP contribution < -0.4 is 0 Å². The molecule has 1 fully saturated rings. The van der Waals surface area contributed by atoms with Crippen LogP contribution in [0.3, 0.4) is 0 Å². The number of aryl methyl sites for hydroxylation is 1. The number of rotatable bonds is 3. The molecule has 2 aromatic rings. The highest BCUT2D eigenvalue weighted by Gasteiger charge is 2.27. The first-order chi connectivity index (χ1) is 10.6. The van der Waals surface area contributed by atoms with Crippen molar-refractivity contribution in [3.8, 4) is 11.1 Å². The van der Waals surface area contributed by atoms with Gasteiger partial charge < -0.3 is 4.74 Å². The van der Waals surface area contributed by atoms with Gasteiger partial charge in [0, 0.05) is 12.0 Å². The predicted octanol–water partition coefficient (Wildman–Crippen LogP) is 4.39. The molecular weight excluding hydrogens is 296 g/mol. The van der Waals surface area contributed by atoms with Crippen LogP contribution in [0.4, 0.5) is 0 Å². The Morgan fingerprint density at radius 2 is 1.95 bits per heavy atom. The van der Waals surface area contributed by atoms with Gasteiger partial charge in [0.2, 0.25) is 0 Å². The van der Waals surface area contributed by atoms with Crippen molar-refractivity contribution in [3.63, 3.8) is 0 Å². The molecule has 1 saturated carbocycles. The molecule has 1 atom stereocenters. The minimum atomic E-state index is -0.561. The highest BCUT2D eigenvalue weighted by atomic mass is 32.1. The number of ketones is 1. The molecule has 0 bridgehead atoms. The molecule has 0 N–H and O–H groups in total. The zero-order valence-corrected chi connectivity index (χ0v) is 13.3. The van der Waals surface area contributed by atoms with E-state index in [4.69, 9.17) is 4.74 Å². The topological polar surface area (TPSA) is 43.4 Å². The quantitative estimate of drug-likeness (QED) is 0.789. The molecule has 114 valence electrons. The molecule has 1 aliphatic rings. The number of benzene rings is 1. The van der Waals surface area contributed by atoms with Gasteiger partial charge >= 0.3 is 5.97 Å². The van der Waals surface area contributed by atoms with Gasteiger partial charge in [-0.15, -0.1) is 11.3 Å². The molecule has 3 nitrogen and oxygen atoms in total. The third-order valence-electron chi connectivity index (χ3n) is 3.96. The maximum absolute atomic E-state index is 12.4. The van der Waals surface area contributed by atoms with Gasteiger partial charge in [-0.05, 0) is 43.2 Å². The predicted molar refractivity (Wildman–Crippen MR) is 87.2 cm³/mol. The van der Waals surface area contributed by atoms with Crippen LogP contribution in [-0.4, -0.2) is 17.9 Å². The molecule has 0 saturated heterocycles. The Morgan fingerprint density at radius 3 is 2.68 bits per heavy atom. The highest BCUT2D eigenvalue weighted by Crippen LogP contribution is 2.30. The van der Waals surface area contributed by atoms with Crippen LogP contribution in [0.1, 0.15) is 40.9 Å². The van der Waals surface area contributed by atoms with Gasteiger partial charge in [0.1, 0.15) is 4.88 Å². The van der Waals surface area contributed by atoms with Crippen molar-refractivity contribution in [2.24, 2.45) is 0 Å². The van der Waals surface area contributed by atoms with Crippen LogP contribution in [0.15, 0.2) is 35.7 Å². The molecule has 0 spiro atoms. The minimum Gasteiger partial charge on any atom is -0.450 e. The summed E-state index contributed by atoms with van der Waals surface area (Å²) in [4.78, 5) is 24.8. The Kier molecular flexibility index (Phi) is 4.39. The number of hydrogen-bond donors (Lipinski definition) is 0. The van der Waals surface area contributed by atoms with Crippen molar-refractivity contribution in [3.05, 3.63) is 46.2 Å². The van der Waals surface area contributed by atoms with Crippen molar-refractivity contribution in [2.45, 2.75) is 38.7 Å². The molecular formula is C18H18O3S. The second-order valence-electron chi connectivity index (χ2n) is 5.64. The maximum atomic E-state index is 12.4. The summed E-state index contributed by atoms with van der Waals surface area (Å²) < 4.78 is 5.46. The van der Waals surface area contributed by atoms with Crippen molar-refractivity contribution in [2.75, 3.05) is 0 Å².